The number of rotatable bonds is 2. The molecule has 8 N–H and O–H groups in total. The molecule has 5 nitrogen and oxygen atoms in total. The van der Waals surface area contributed by atoms with Crippen LogP contribution in [0.3, 0.4) is 0 Å². The van der Waals surface area contributed by atoms with Gasteiger partial charge in [0.25, 0.3) is 0 Å². The Bertz CT molecular complexity index is 406. The van der Waals surface area contributed by atoms with Crippen LogP contribution < -0.4 is 27.8 Å². The predicted molar refractivity (Wildman–Crippen MR) is 71.7 cm³/mol. The first-order valence-corrected chi connectivity index (χ1v) is 5.88. The molecule has 0 saturated carbocycles. The molecule has 0 radical (unpaired) electrons. The van der Waals surface area contributed by atoms with Crippen molar-refractivity contribution < 1.29 is 0 Å². The number of aryl methyl sites for hydroxylation is 1. The van der Waals surface area contributed by atoms with Gasteiger partial charge in [-0.1, -0.05) is 0 Å². The Morgan fingerprint density at radius 3 is 2.65 bits per heavy atom. The highest BCUT2D eigenvalue weighted by Crippen LogP contribution is 2.26. The number of anilines is 2. The fourth-order valence-electron chi connectivity index (χ4n) is 2.40. The zero-order valence-electron chi connectivity index (χ0n) is 10.1. The van der Waals surface area contributed by atoms with Crippen LogP contribution in [0.2, 0.25) is 0 Å². The lowest BCUT2D eigenvalue weighted by Gasteiger charge is -2.27. The second-order valence-corrected chi connectivity index (χ2v) is 4.74. The van der Waals surface area contributed by atoms with E-state index in [9.17, 15) is 0 Å². The molecule has 0 spiro atoms. The lowest BCUT2D eigenvalue weighted by molar-refractivity contribution is 0.549. The number of nitrogens with zero attached hydrogens (tertiary/aromatic N) is 1. The summed E-state index contributed by atoms with van der Waals surface area (Å²) in [5, 5.41) is 0. The number of nitrogen functional groups attached to an aromatic ring is 1. The molecule has 3 unspecified atom stereocenters. The molecular weight excluding hydrogens is 214 g/mol. The highest BCUT2D eigenvalue weighted by Gasteiger charge is 2.36. The fourth-order valence-corrected chi connectivity index (χ4v) is 2.40. The van der Waals surface area contributed by atoms with E-state index < -0.39 is 0 Å². The Morgan fingerprint density at radius 1 is 1.35 bits per heavy atom. The molecule has 0 aliphatic carbocycles. The molecule has 5 heteroatoms. The average Bonchev–Trinajstić information content (AvgIpc) is 2.59. The molecule has 1 fully saturated rings. The second kappa shape index (κ2) is 4.52. The van der Waals surface area contributed by atoms with Gasteiger partial charge in [0.15, 0.2) is 0 Å². The normalized spacial score (nSPS) is 28.7. The molecule has 1 aliphatic rings. The van der Waals surface area contributed by atoms with E-state index in [2.05, 4.69) is 11.0 Å². The van der Waals surface area contributed by atoms with Crippen LogP contribution in [-0.4, -0.2) is 31.2 Å². The summed E-state index contributed by atoms with van der Waals surface area (Å²) in [7, 11) is 0. The maximum absolute atomic E-state index is 6.06. The Hall–Kier alpha value is -1.30. The zero-order chi connectivity index (χ0) is 12.6. The van der Waals surface area contributed by atoms with Gasteiger partial charge in [0, 0.05) is 36.5 Å². The molecule has 0 bridgehead atoms. The Balaban J connectivity index is 2.30. The highest BCUT2D eigenvalue weighted by molar-refractivity contribution is 5.59. The first kappa shape index (κ1) is 12.2. The van der Waals surface area contributed by atoms with E-state index in [1.54, 1.807) is 0 Å². The minimum atomic E-state index is -0.0714. The van der Waals surface area contributed by atoms with Crippen molar-refractivity contribution in [2.45, 2.75) is 25.0 Å². The van der Waals surface area contributed by atoms with Crippen molar-refractivity contribution in [1.82, 2.24) is 0 Å². The van der Waals surface area contributed by atoms with Crippen molar-refractivity contribution in [2.24, 2.45) is 17.2 Å². The molecule has 1 aliphatic heterocycles. The van der Waals surface area contributed by atoms with Crippen LogP contribution in [-0.2, 0) is 0 Å². The molecule has 3 atom stereocenters. The molecule has 1 aromatic carbocycles. The summed E-state index contributed by atoms with van der Waals surface area (Å²) in [6, 6.07) is 5.97. The molecule has 0 aromatic heterocycles. The zero-order valence-corrected chi connectivity index (χ0v) is 10.1. The molecule has 1 heterocycles. The third-order valence-electron chi connectivity index (χ3n) is 3.57. The Kier molecular flexibility index (Phi) is 3.24. The van der Waals surface area contributed by atoms with Crippen LogP contribution in [0.15, 0.2) is 18.2 Å². The van der Waals surface area contributed by atoms with E-state index in [0.717, 1.165) is 23.5 Å². The number of nitrogens with two attached hydrogens (primary N) is 4. The predicted octanol–water partition coefficient (Wildman–Crippen LogP) is -0.621. The van der Waals surface area contributed by atoms with Crippen LogP contribution in [0.1, 0.15) is 5.56 Å². The van der Waals surface area contributed by atoms with Crippen LogP contribution >= 0.6 is 0 Å². The topological polar surface area (TPSA) is 107 Å². The van der Waals surface area contributed by atoms with Crippen LogP contribution in [0.25, 0.3) is 0 Å². The molecule has 94 valence electrons. The van der Waals surface area contributed by atoms with Gasteiger partial charge in [0.1, 0.15) is 0 Å². The van der Waals surface area contributed by atoms with E-state index in [1.807, 2.05) is 19.1 Å². The number of hydrogen-bond acceptors (Lipinski definition) is 5. The van der Waals surface area contributed by atoms with Gasteiger partial charge in [0.05, 0.1) is 6.04 Å². The molecule has 1 saturated heterocycles. The van der Waals surface area contributed by atoms with Gasteiger partial charge in [-0.05, 0) is 30.7 Å². The van der Waals surface area contributed by atoms with Crippen molar-refractivity contribution in [3.63, 3.8) is 0 Å². The first-order chi connectivity index (χ1) is 8.04. The monoisotopic (exact) mass is 235 g/mol. The van der Waals surface area contributed by atoms with Gasteiger partial charge < -0.3 is 27.8 Å². The first-order valence-electron chi connectivity index (χ1n) is 5.88. The minimum Gasteiger partial charge on any atom is -0.399 e. The standard InChI is InChI=1S/C12H21N5/c1-7-4-8(2-3-9(7)14)17-6-10(15)12(16)11(17)5-13/h2-4,10-12H,5-6,13-16H2,1H3. The van der Waals surface area contributed by atoms with Gasteiger partial charge in [-0.15, -0.1) is 0 Å². The lowest BCUT2D eigenvalue weighted by atomic mass is 10.1. The second-order valence-electron chi connectivity index (χ2n) is 4.74. The van der Waals surface area contributed by atoms with Gasteiger partial charge in [0.2, 0.25) is 0 Å². The summed E-state index contributed by atoms with van der Waals surface area (Å²) < 4.78 is 0. The average molecular weight is 235 g/mol. The Morgan fingerprint density at radius 2 is 2.06 bits per heavy atom. The third kappa shape index (κ3) is 2.09. The van der Waals surface area contributed by atoms with E-state index in [4.69, 9.17) is 22.9 Å². The number of benzene rings is 1. The summed E-state index contributed by atoms with van der Waals surface area (Å²) >= 11 is 0. The molecule has 17 heavy (non-hydrogen) atoms. The minimum absolute atomic E-state index is 0.0265. The number of hydrogen-bond donors (Lipinski definition) is 4. The maximum atomic E-state index is 6.06. The van der Waals surface area contributed by atoms with Gasteiger partial charge in [-0.25, -0.2) is 0 Å². The quantitative estimate of drug-likeness (QED) is 0.511. The van der Waals surface area contributed by atoms with Crippen LogP contribution in [0.5, 0.6) is 0 Å². The van der Waals surface area contributed by atoms with Crippen molar-refractivity contribution in [1.29, 1.82) is 0 Å². The summed E-state index contributed by atoms with van der Waals surface area (Å²) in [6.45, 7) is 3.25. The van der Waals surface area contributed by atoms with Crippen molar-refractivity contribution in [3.05, 3.63) is 23.8 Å². The van der Waals surface area contributed by atoms with Crippen LogP contribution in [0.4, 0.5) is 11.4 Å². The fraction of sp³-hybridized carbons (Fsp3) is 0.500. The Labute approximate surface area is 102 Å². The van der Waals surface area contributed by atoms with Crippen LogP contribution in [0, 0.1) is 6.92 Å². The molecular formula is C12H21N5. The molecule has 0 amide bonds. The lowest BCUT2D eigenvalue weighted by Crippen LogP contribution is -2.48. The van der Waals surface area contributed by atoms with Gasteiger partial charge in [-0.3, -0.25) is 0 Å². The van der Waals surface area contributed by atoms with Crippen molar-refractivity contribution in [3.8, 4) is 0 Å². The van der Waals surface area contributed by atoms with Crippen molar-refractivity contribution >= 4 is 11.4 Å². The summed E-state index contributed by atoms with van der Waals surface area (Å²) in [5.74, 6) is 0. The third-order valence-corrected chi connectivity index (χ3v) is 3.57. The largest absolute Gasteiger partial charge is 0.399 e. The molecule has 2 rings (SSSR count). The highest BCUT2D eigenvalue weighted by atomic mass is 15.2. The summed E-state index contributed by atoms with van der Waals surface area (Å²) in [6.07, 6.45) is 0. The van der Waals surface area contributed by atoms with E-state index in [0.29, 0.717) is 6.54 Å². The van der Waals surface area contributed by atoms with Gasteiger partial charge >= 0.3 is 0 Å². The van der Waals surface area contributed by atoms with E-state index in [1.165, 1.54) is 0 Å². The van der Waals surface area contributed by atoms with Gasteiger partial charge in [-0.2, -0.15) is 0 Å². The smallest absolute Gasteiger partial charge is 0.0579 e. The van der Waals surface area contributed by atoms with Crippen molar-refractivity contribution in [2.75, 3.05) is 23.7 Å². The van der Waals surface area contributed by atoms with E-state index in [-0.39, 0.29) is 18.1 Å². The molecule has 1 aromatic rings. The summed E-state index contributed by atoms with van der Waals surface area (Å²) in [5.41, 5.74) is 26.6. The SMILES string of the molecule is Cc1cc(N2CC(N)C(N)C2CN)ccc1N. The summed E-state index contributed by atoms with van der Waals surface area (Å²) in [4.78, 5) is 2.18. The maximum Gasteiger partial charge on any atom is 0.0579 e. The van der Waals surface area contributed by atoms with E-state index >= 15 is 0 Å².